The third-order valence-corrected chi connectivity index (χ3v) is 6.45. The molecule has 8 nitrogen and oxygen atoms in total. The van der Waals surface area contributed by atoms with Crippen LogP contribution in [0, 0.1) is 6.92 Å². The van der Waals surface area contributed by atoms with Crippen molar-refractivity contribution in [1.82, 2.24) is 24.9 Å². The van der Waals surface area contributed by atoms with Crippen LogP contribution in [0.25, 0.3) is 17.1 Å². The number of anilines is 1. The fourth-order valence-electron chi connectivity index (χ4n) is 3.51. The largest absolute Gasteiger partial charge is 0.360 e. The van der Waals surface area contributed by atoms with Gasteiger partial charge in [0.1, 0.15) is 5.76 Å². The number of carbonyl (C=O) groups is 1. The number of benzene rings is 1. The van der Waals surface area contributed by atoms with Crippen molar-refractivity contribution in [3.05, 3.63) is 66.2 Å². The molecule has 0 spiro atoms. The zero-order valence-electron chi connectivity index (χ0n) is 19.0. The smallest absolute Gasteiger partial charge is 0.239 e. The molecular weight excluding hydrogens is 436 g/mol. The molecule has 0 aliphatic carbocycles. The molecule has 4 rings (SSSR count). The second-order valence-electron chi connectivity index (χ2n) is 7.92. The first-order chi connectivity index (χ1) is 16.0. The highest BCUT2D eigenvalue weighted by atomic mass is 32.2. The van der Waals surface area contributed by atoms with Crippen LogP contribution < -0.4 is 5.32 Å². The van der Waals surface area contributed by atoms with E-state index in [1.54, 1.807) is 25.4 Å². The van der Waals surface area contributed by atoms with Gasteiger partial charge >= 0.3 is 0 Å². The van der Waals surface area contributed by atoms with Crippen LogP contribution in [0.3, 0.4) is 0 Å². The van der Waals surface area contributed by atoms with Crippen LogP contribution in [0.15, 0.2) is 64.5 Å². The molecule has 0 radical (unpaired) electrons. The summed E-state index contributed by atoms with van der Waals surface area (Å²) >= 11 is 1.38. The summed E-state index contributed by atoms with van der Waals surface area (Å²) in [5, 5.41) is 15.9. The lowest BCUT2D eigenvalue weighted by molar-refractivity contribution is -0.115. The van der Waals surface area contributed by atoms with Gasteiger partial charge < -0.3 is 9.84 Å². The van der Waals surface area contributed by atoms with Crippen LogP contribution in [0.2, 0.25) is 0 Å². The first-order valence-electron chi connectivity index (χ1n) is 10.8. The summed E-state index contributed by atoms with van der Waals surface area (Å²) in [5.74, 6) is 1.85. The normalized spacial score (nSPS) is 12.2. The molecule has 9 heteroatoms. The number of nitrogens with zero attached hydrogens (tertiary/aromatic N) is 5. The van der Waals surface area contributed by atoms with Crippen LogP contribution in [0.5, 0.6) is 0 Å². The molecule has 1 aromatic carbocycles. The van der Waals surface area contributed by atoms with E-state index in [4.69, 9.17) is 4.52 Å². The Balaban J connectivity index is 1.74. The second-order valence-corrected chi connectivity index (χ2v) is 9.09. The van der Waals surface area contributed by atoms with E-state index in [9.17, 15) is 4.79 Å². The molecule has 33 heavy (non-hydrogen) atoms. The van der Waals surface area contributed by atoms with Gasteiger partial charge in [-0.25, -0.2) is 0 Å². The van der Waals surface area contributed by atoms with Crippen LogP contribution in [-0.2, 0) is 4.79 Å². The number of thioether (sulfide) groups is 1. The number of aromatic nitrogens is 5. The highest BCUT2D eigenvalue weighted by Crippen LogP contribution is 2.34. The third kappa shape index (κ3) is 4.98. The number of carbonyl (C=O) groups excluding carboxylic acids is 1. The van der Waals surface area contributed by atoms with Gasteiger partial charge in [-0.05, 0) is 43.0 Å². The van der Waals surface area contributed by atoms with Crippen LogP contribution in [0.4, 0.5) is 5.82 Å². The molecule has 1 N–H and O–H groups in total. The highest BCUT2D eigenvalue weighted by molar-refractivity contribution is 8.00. The lowest BCUT2D eigenvalue weighted by atomic mass is 10.0. The maximum Gasteiger partial charge on any atom is 0.239 e. The van der Waals surface area contributed by atoms with Crippen molar-refractivity contribution in [2.75, 3.05) is 5.32 Å². The molecule has 0 aliphatic rings. The average molecular weight is 463 g/mol. The summed E-state index contributed by atoms with van der Waals surface area (Å²) in [6.07, 6.45) is 4.10. The maximum absolute atomic E-state index is 13.0. The van der Waals surface area contributed by atoms with E-state index < -0.39 is 5.25 Å². The summed E-state index contributed by atoms with van der Waals surface area (Å²) in [6.45, 7) is 8.06. The monoisotopic (exact) mass is 462 g/mol. The van der Waals surface area contributed by atoms with Crippen molar-refractivity contribution in [2.24, 2.45) is 0 Å². The first-order valence-corrected chi connectivity index (χ1v) is 11.7. The van der Waals surface area contributed by atoms with E-state index >= 15 is 0 Å². The molecule has 0 saturated carbocycles. The molecule has 0 fully saturated rings. The van der Waals surface area contributed by atoms with Gasteiger partial charge in [0, 0.05) is 24.0 Å². The van der Waals surface area contributed by atoms with E-state index in [1.165, 1.54) is 17.3 Å². The lowest BCUT2D eigenvalue weighted by Gasteiger charge is -2.18. The summed E-state index contributed by atoms with van der Waals surface area (Å²) in [4.78, 5) is 17.2. The Labute approximate surface area is 196 Å². The van der Waals surface area contributed by atoms with Crippen molar-refractivity contribution in [2.45, 2.75) is 50.4 Å². The zero-order chi connectivity index (χ0) is 23.4. The molecule has 1 atom stereocenters. The predicted octanol–water partition coefficient (Wildman–Crippen LogP) is 5.26. The van der Waals surface area contributed by atoms with Gasteiger partial charge in [0.2, 0.25) is 5.91 Å². The summed E-state index contributed by atoms with van der Waals surface area (Å²) in [7, 11) is 0. The van der Waals surface area contributed by atoms with E-state index in [0.717, 1.165) is 11.3 Å². The van der Waals surface area contributed by atoms with E-state index in [0.29, 0.717) is 34.9 Å². The highest BCUT2D eigenvalue weighted by Gasteiger charge is 2.25. The number of nitrogens with one attached hydrogen (secondary N) is 1. The molecular formula is C24H26N6O2S. The zero-order valence-corrected chi connectivity index (χ0v) is 19.8. The SMILES string of the molecule is CCC(Sc1nnc(-c2cccnc2)n1-c1ccccc1C(C)C)C(=O)Nc1cc(C)on1. The predicted molar refractivity (Wildman–Crippen MR) is 128 cm³/mol. The Bertz CT molecular complexity index is 1230. The summed E-state index contributed by atoms with van der Waals surface area (Å²) < 4.78 is 7.08. The summed E-state index contributed by atoms with van der Waals surface area (Å²) in [6, 6.07) is 13.7. The summed E-state index contributed by atoms with van der Waals surface area (Å²) in [5.41, 5.74) is 3.01. The topological polar surface area (TPSA) is 98.7 Å². The van der Waals surface area contributed by atoms with Gasteiger partial charge in [0.05, 0.1) is 10.9 Å². The fourth-order valence-corrected chi connectivity index (χ4v) is 4.47. The van der Waals surface area contributed by atoms with Crippen molar-refractivity contribution >= 4 is 23.5 Å². The van der Waals surface area contributed by atoms with Crippen LogP contribution in [-0.4, -0.2) is 36.1 Å². The van der Waals surface area contributed by atoms with Gasteiger partial charge in [-0.15, -0.1) is 10.2 Å². The number of rotatable bonds is 8. The molecule has 0 aliphatic heterocycles. The Morgan fingerprint density at radius 2 is 2.00 bits per heavy atom. The van der Waals surface area contributed by atoms with Gasteiger partial charge in [0.25, 0.3) is 0 Å². The Hall–Kier alpha value is -3.46. The minimum absolute atomic E-state index is 0.162. The number of hydrogen-bond donors (Lipinski definition) is 1. The Morgan fingerprint density at radius 3 is 2.67 bits per heavy atom. The molecule has 1 amide bonds. The molecule has 0 saturated heterocycles. The minimum atomic E-state index is -0.391. The third-order valence-electron chi connectivity index (χ3n) is 5.14. The number of amides is 1. The quantitative estimate of drug-likeness (QED) is 0.357. The molecule has 170 valence electrons. The van der Waals surface area contributed by atoms with Crippen LogP contribution in [0.1, 0.15) is 44.4 Å². The van der Waals surface area contributed by atoms with Crippen LogP contribution >= 0.6 is 11.8 Å². The minimum Gasteiger partial charge on any atom is -0.360 e. The lowest BCUT2D eigenvalue weighted by Crippen LogP contribution is -2.25. The molecule has 0 bridgehead atoms. The molecule has 3 heterocycles. The van der Waals surface area contributed by atoms with Crippen molar-refractivity contribution in [3.63, 3.8) is 0 Å². The molecule has 1 unspecified atom stereocenters. The van der Waals surface area contributed by atoms with E-state index in [-0.39, 0.29) is 5.91 Å². The number of para-hydroxylation sites is 1. The number of aryl methyl sites for hydroxylation is 1. The molecule has 4 aromatic rings. The Kier molecular flexibility index (Phi) is 6.88. The maximum atomic E-state index is 13.0. The van der Waals surface area contributed by atoms with Gasteiger partial charge in [0.15, 0.2) is 16.8 Å². The number of pyridine rings is 1. The second kappa shape index (κ2) is 9.99. The standard InChI is InChI=1S/C24H26N6O2S/c1-5-20(23(31)26-21-13-16(4)32-29-21)33-24-28-27-22(17-9-8-12-25-14-17)30(24)19-11-7-6-10-18(19)15(2)3/h6-15,20H,5H2,1-4H3,(H,26,29,31). The van der Waals surface area contributed by atoms with E-state index in [2.05, 4.69) is 51.6 Å². The molecule has 3 aromatic heterocycles. The Morgan fingerprint density at radius 1 is 1.18 bits per heavy atom. The van der Waals surface area contributed by atoms with Crippen molar-refractivity contribution in [1.29, 1.82) is 0 Å². The van der Waals surface area contributed by atoms with Gasteiger partial charge in [-0.1, -0.05) is 55.9 Å². The first kappa shape index (κ1) is 22.7. The fraction of sp³-hybridized carbons (Fsp3) is 0.292. The van der Waals surface area contributed by atoms with Crippen molar-refractivity contribution < 1.29 is 9.32 Å². The van der Waals surface area contributed by atoms with E-state index in [1.807, 2.05) is 35.8 Å². The van der Waals surface area contributed by atoms with Gasteiger partial charge in [-0.3, -0.25) is 14.3 Å². The average Bonchev–Trinajstić information content (AvgIpc) is 3.43. The number of hydrogen-bond acceptors (Lipinski definition) is 7. The van der Waals surface area contributed by atoms with Crippen molar-refractivity contribution in [3.8, 4) is 17.1 Å². The van der Waals surface area contributed by atoms with Gasteiger partial charge in [-0.2, -0.15) is 0 Å².